The summed E-state index contributed by atoms with van der Waals surface area (Å²) in [5.41, 5.74) is 1.39. The zero-order valence-electron chi connectivity index (χ0n) is 11.7. The normalized spacial score (nSPS) is 11.6. The van der Waals surface area contributed by atoms with Gasteiger partial charge in [0.25, 0.3) is 0 Å². The highest BCUT2D eigenvalue weighted by Gasteiger charge is 2.15. The standard InChI is InChI=1S/C15H19NO3/c1-15(2,3)9-19-13-7-5-6-11-10(13)8-12(16-11)14(17)18-4/h5-8,16H,9H2,1-4H3. The molecule has 2 rings (SSSR count). The van der Waals surface area contributed by atoms with Gasteiger partial charge in [0.1, 0.15) is 11.4 Å². The summed E-state index contributed by atoms with van der Waals surface area (Å²) >= 11 is 0. The smallest absolute Gasteiger partial charge is 0.354 e. The Kier molecular flexibility index (Phi) is 3.51. The van der Waals surface area contributed by atoms with Gasteiger partial charge in [-0.3, -0.25) is 0 Å². The second-order valence-electron chi connectivity index (χ2n) is 5.74. The topological polar surface area (TPSA) is 51.3 Å². The molecule has 0 radical (unpaired) electrons. The van der Waals surface area contributed by atoms with Gasteiger partial charge in [-0.15, -0.1) is 0 Å². The van der Waals surface area contributed by atoms with Crippen molar-refractivity contribution in [2.45, 2.75) is 20.8 Å². The minimum absolute atomic E-state index is 0.0870. The van der Waals surface area contributed by atoms with Crippen molar-refractivity contribution in [3.63, 3.8) is 0 Å². The second kappa shape index (κ2) is 4.96. The molecule has 1 N–H and O–H groups in total. The van der Waals surface area contributed by atoms with E-state index in [1.807, 2.05) is 18.2 Å². The van der Waals surface area contributed by atoms with Crippen molar-refractivity contribution in [2.75, 3.05) is 13.7 Å². The van der Waals surface area contributed by atoms with Crippen LogP contribution in [0.15, 0.2) is 24.3 Å². The average Bonchev–Trinajstić information content (AvgIpc) is 2.78. The van der Waals surface area contributed by atoms with E-state index in [1.54, 1.807) is 6.07 Å². The number of methoxy groups -OCH3 is 1. The van der Waals surface area contributed by atoms with Gasteiger partial charge in [0.15, 0.2) is 0 Å². The van der Waals surface area contributed by atoms with Crippen LogP contribution in [0.25, 0.3) is 10.9 Å². The number of nitrogens with one attached hydrogen (secondary N) is 1. The summed E-state index contributed by atoms with van der Waals surface area (Å²) in [5.74, 6) is 0.400. The van der Waals surface area contributed by atoms with Crippen molar-refractivity contribution in [1.82, 2.24) is 4.98 Å². The third-order valence-corrected chi connectivity index (χ3v) is 2.69. The maximum Gasteiger partial charge on any atom is 0.354 e. The van der Waals surface area contributed by atoms with E-state index < -0.39 is 0 Å². The maximum absolute atomic E-state index is 11.5. The lowest BCUT2D eigenvalue weighted by Gasteiger charge is -2.19. The summed E-state index contributed by atoms with van der Waals surface area (Å²) in [6, 6.07) is 7.48. The number of aromatic amines is 1. The summed E-state index contributed by atoms with van der Waals surface area (Å²) in [6.45, 7) is 6.96. The zero-order chi connectivity index (χ0) is 14.0. The Balaban J connectivity index is 2.34. The van der Waals surface area contributed by atoms with Crippen LogP contribution in [0.3, 0.4) is 0 Å². The quantitative estimate of drug-likeness (QED) is 0.862. The minimum atomic E-state index is -0.377. The van der Waals surface area contributed by atoms with Crippen LogP contribution in [0.2, 0.25) is 0 Å². The molecule has 0 aliphatic rings. The lowest BCUT2D eigenvalue weighted by atomic mass is 9.99. The predicted octanol–water partition coefficient (Wildman–Crippen LogP) is 3.38. The highest BCUT2D eigenvalue weighted by molar-refractivity contribution is 5.97. The Hall–Kier alpha value is -1.97. The van der Waals surface area contributed by atoms with Gasteiger partial charge in [-0.1, -0.05) is 26.8 Å². The minimum Gasteiger partial charge on any atom is -0.492 e. The molecule has 0 atom stereocenters. The number of benzene rings is 1. The van der Waals surface area contributed by atoms with Crippen molar-refractivity contribution in [2.24, 2.45) is 5.41 Å². The third kappa shape index (κ3) is 3.08. The molecule has 0 aliphatic heterocycles. The van der Waals surface area contributed by atoms with Crippen molar-refractivity contribution in [1.29, 1.82) is 0 Å². The number of fused-ring (bicyclic) bond motifs is 1. The Morgan fingerprint density at radius 1 is 1.32 bits per heavy atom. The number of ether oxygens (including phenoxy) is 2. The van der Waals surface area contributed by atoms with Gasteiger partial charge < -0.3 is 14.5 Å². The first-order chi connectivity index (χ1) is 8.90. The van der Waals surface area contributed by atoms with Crippen LogP contribution in [-0.4, -0.2) is 24.7 Å². The molecule has 1 aromatic heterocycles. The first-order valence-electron chi connectivity index (χ1n) is 6.23. The van der Waals surface area contributed by atoms with Gasteiger partial charge in [-0.05, 0) is 23.6 Å². The fourth-order valence-electron chi connectivity index (χ4n) is 1.77. The second-order valence-corrected chi connectivity index (χ2v) is 5.74. The van der Waals surface area contributed by atoms with Crippen LogP contribution < -0.4 is 4.74 Å². The Morgan fingerprint density at radius 2 is 2.05 bits per heavy atom. The van der Waals surface area contributed by atoms with Gasteiger partial charge in [0.05, 0.1) is 13.7 Å². The fraction of sp³-hybridized carbons (Fsp3) is 0.400. The number of aromatic nitrogens is 1. The molecule has 4 nitrogen and oxygen atoms in total. The molecular weight excluding hydrogens is 242 g/mol. The number of carbonyl (C=O) groups is 1. The van der Waals surface area contributed by atoms with Gasteiger partial charge in [0.2, 0.25) is 0 Å². The molecule has 0 saturated carbocycles. The summed E-state index contributed by atoms with van der Waals surface area (Å²) in [6.07, 6.45) is 0. The number of carbonyl (C=O) groups excluding carboxylic acids is 1. The van der Waals surface area contributed by atoms with Crippen LogP contribution in [0.5, 0.6) is 5.75 Å². The number of hydrogen-bond donors (Lipinski definition) is 1. The lowest BCUT2D eigenvalue weighted by Crippen LogP contribution is -2.16. The van der Waals surface area contributed by atoms with E-state index in [-0.39, 0.29) is 11.4 Å². The van der Waals surface area contributed by atoms with Crippen molar-refractivity contribution in [3.05, 3.63) is 30.0 Å². The van der Waals surface area contributed by atoms with Crippen molar-refractivity contribution < 1.29 is 14.3 Å². The largest absolute Gasteiger partial charge is 0.492 e. The lowest BCUT2D eigenvalue weighted by molar-refractivity contribution is 0.0595. The fourth-order valence-corrected chi connectivity index (χ4v) is 1.77. The molecule has 19 heavy (non-hydrogen) atoms. The molecule has 1 aromatic carbocycles. The SMILES string of the molecule is COC(=O)c1cc2c(OCC(C)(C)C)cccc2[nH]1. The van der Waals surface area contributed by atoms with Crippen LogP contribution in [0, 0.1) is 5.41 Å². The van der Waals surface area contributed by atoms with E-state index in [1.165, 1.54) is 7.11 Å². The molecule has 2 aromatic rings. The summed E-state index contributed by atoms with van der Waals surface area (Å²) in [4.78, 5) is 14.5. The van der Waals surface area contributed by atoms with Gasteiger partial charge in [-0.25, -0.2) is 4.79 Å². The molecule has 4 heteroatoms. The molecule has 1 heterocycles. The van der Waals surface area contributed by atoms with Crippen molar-refractivity contribution in [3.8, 4) is 5.75 Å². The molecule has 0 fully saturated rings. The van der Waals surface area contributed by atoms with Crippen LogP contribution in [0.4, 0.5) is 0 Å². The molecule has 0 unspecified atom stereocenters. The summed E-state index contributed by atoms with van der Waals surface area (Å²) < 4.78 is 10.5. The number of hydrogen-bond acceptors (Lipinski definition) is 3. The van der Waals surface area contributed by atoms with Gasteiger partial charge in [0, 0.05) is 10.9 Å². The predicted molar refractivity (Wildman–Crippen MR) is 74.6 cm³/mol. The zero-order valence-corrected chi connectivity index (χ0v) is 11.7. The number of H-pyrrole nitrogens is 1. The summed E-state index contributed by atoms with van der Waals surface area (Å²) in [7, 11) is 1.37. The molecule has 0 saturated heterocycles. The Labute approximate surface area is 112 Å². The highest BCUT2D eigenvalue weighted by Crippen LogP contribution is 2.28. The first kappa shape index (κ1) is 13.5. The molecular formula is C15H19NO3. The highest BCUT2D eigenvalue weighted by atomic mass is 16.5. The van der Waals surface area contributed by atoms with E-state index in [9.17, 15) is 4.79 Å². The van der Waals surface area contributed by atoms with Crippen LogP contribution in [0.1, 0.15) is 31.3 Å². The Morgan fingerprint density at radius 3 is 2.68 bits per heavy atom. The molecule has 0 spiro atoms. The molecule has 0 bridgehead atoms. The maximum atomic E-state index is 11.5. The number of rotatable bonds is 3. The third-order valence-electron chi connectivity index (χ3n) is 2.69. The Bertz CT molecular complexity index is 593. The van der Waals surface area contributed by atoms with E-state index in [2.05, 4.69) is 25.8 Å². The molecule has 0 amide bonds. The monoisotopic (exact) mass is 261 g/mol. The average molecular weight is 261 g/mol. The van der Waals surface area contributed by atoms with Crippen LogP contribution >= 0.6 is 0 Å². The first-order valence-corrected chi connectivity index (χ1v) is 6.23. The van der Waals surface area contributed by atoms with E-state index in [0.29, 0.717) is 12.3 Å². The van der Waals surface area contributed by atoms with E-state index in [0.717, 1.165) is 16.7 Å². The van der Waals surface area contributed by atoms with Gasteiger partial charge >= 0.3 is 5.97 Å². The number of esters is 1. The van der Waals surface area contributed by atoms with Gasteiger partial charge in [-0.2, -0.15) is 0 Å². The van der Waals surface area contributed by atoms with Crippen LogP contribution in [-0.2, 0) is 4.74 Å². The molecule has 0 aliphatic carbocycles. The van der Waals surface area contributed by atoms with E-state index in [4.69, 9.17) is 9.47 Å². The summed E-state index contributed by atoms with van der Waals surface area (Å²) in [5, 5.41) is 0.896. The van der Waals surface area contributed by atoms with E-state index >= 15 is 0 Å². The van der Waals surface area contributed by atoms with Crippen molar-refractivity contribution >= 4 is 16.9 Å². The molecule has 102 valence electrons.